The zero-order valence-corrected chi connectivity index (χ0v) is 8.46. The number of aliphatic hydroxyl groups is 1. The molecule has 1 N–H and O–H groups in total. The highest BCUT2D eigenvalue weighted by atomic mass is 32.1. The Morgan fingerprint density at radius 2 is 2.25 bits per heavy atom. The van der Waals surface area contributed by atoms with Crippen molar-refractivity contribution < 1.29 is 9.84 Å². The van der Waals surface area contributed by atoms with Gasteiger partial charge >= 0.3 is 0 Å². The van der Waals surface area contributed by atoms with E-state index in [1.165, 1.54) is 6.42 Å². The van der Waals surface area contributed by atoms with Gasteiger partial charge in [-0.2, -0.15) is 12.6 Å². The first-order chi connectivity index (χ1) is 5.77. The molecule has 0 aromatic heterocycles. The first-order valence-electron chi connectivity index (χ1n) is 4.59. The molecule has 1 aliphatic rings. The molecule has 72 valence electrons. The van der Waals surface area contributed by atoms with Crippen LogP contribution >= 0.6 is 12.6 Å². The summed E-state index contributed by atoms with van der Waals surface area (Å²) in [4.78, 5) is 0. The van der Waals surface area contributed by atoms with E-state index in [1.54, 1.807) is 7.11 Å². The molecule has 2 nitrogen and oxygen atoms in total. The summed E-state index contributed by atoms with van der Waals surface area (Å²) in [5, 5.41) is 9.62. The van der Waals surface area contributed by atoms with Gasteiger partial charge in [-0.25, -0.2) is 0 Å². The van der Waals surface area contributed by atoms with Crippen LogP contribution in [0.5, 0.6) is 0 Å². The van der Waals surface area contributed by atoms with Gasteiger partial charge in [-0.1, -0.05) is 0 Å². The number of rotatable bonds is 3. The van der Waals surface area contributed by atoms with Crippen molar-refractivity contribution in [3.8, 4) is 0 Å². The van der Waals surface area contributed by atoms with Crippen LogP contribution in [0.3, 0.4) is 0 Å². The van der Waals surface area contributed by atoms with E-state index in [-0.39, 0.29) is 12.2 Å². The second-order valence-corrected chi connectivity index (χ2v) is 3.98. The topological polar surface area (TPSA) is 29.5 Å². The predicted molar refractivity (Wildman–Crippen MR) is 52.6 cm³/mol. The van der Waals surface area contributed by atoms with Gasteiger partial charge in [0.25, 0.3) is 0 Å². The van der Waals surface area contributed by atoms with Gasteiger partial charge in [-0.15, -0.1) is 0 Å². The van der Waals surface area contributed by atoms with Crippen LogP contribution in [-0.4, -0.2) is 30.2 Å². The molecule has 12 heavy (non-hydrogen) atoms. The van der Waals surface area contributed by atoms with Crippen LogP contribution in [0.25, 0.3) is 0 Å². The Morgan fingerprint density at radius 3 is 2.75 bits per heavy atom. The normalized spacial score (nSPS) is 36.8. The molecule has 0 aromatic carbocycles. The zero-order chi connectivity index (χ0) is 8.97. The SMILES string of the molecule is COC1CCC(CCS)CC1O. The second-order valence-electron chi connectivity index (χ2n) is 3.53. The Kier molecular flexibility index (Phi) is 4.40. The fourth-order valence-electron chi connectivity index (χ4n) is 1.92. The number of hydrogen-bond donors (Lipinski definition) is 2. The lowest BCUT2D eigenvalue weighted by molar-refractivity contribution is -0.0499. The lowest BCUT2D eigenvalue weighted by Crippen LogP contribution is -2.35. The van der Waals surface area contributed by atoms with Crippen molar-refractivity contribution in [2.75, 3.05) is 12.9 Å². The van der Waals surface area contributed by atoms with E-state index < -0.39 is 0 Å². The minimum Gasteiger partial charge on any atom is -0.390 e. The lowest BCUT2D eigenvalue weighted by Gasteiger charge is -2.31. The fraction of sp³-hybridized carbons (Fsp3) is 1.00. The van der Waals surface area contributed by atoms with E-state index in [4.69, 9.17) is 4.74 Å². The number of thiol groups is 1. The maximum atomic E-state index is 9.62. The molecule has 3 atom stereocenters. The average molecular weight is 190 g/mol. The molecule has 0 bridgehead atoms. The number of methoxy groups -OCH3 is 1. The number of aliphatic hydroxyl groups excluding tert-OH is 1. The van der Waals surface area contributed by atoms with Crippen LogP contribution in [0.15, 0.2) is 0 Å². The Bertz CT molecular complexity index is 130. The minimum absolute atomic E-state index is 0.0705. The average Bonchev–Trinajstić information content (AvgIpc) is 2.05. The van der Waals surface area contributed by atoms with E-state index in [0.29, 0.717) is 5.92 Å². The summed E-state index contributed by atoms with van der Waals surface area (Å²) < 4.78 is 5.16. The first kappa shape index (κ1) is 10.4. The van der Waals surface area contributed by atoms with Crippen molar-refractivity contribution in [3.05, 3.63) is 0 Å². The zero-order valence-electron chi connectivity index (χ0n) is 7.57. The molecular formula is C9H18O2S. The van der Waals surface area contributed by atoms with Gasteiger partial charge in [-0.05, 0) is 37.4 Å². The van der Waals surface area contributed by atoms with Gasteiger partial charge in [-0.3, -0.25) is 0 Å². The third-order valence-corrected chi connectivity index (χ3v) is 2.96. The standard InChI is InChI=1S/C9H18O2S/c1-11-9-3-2-7(4-5-12)6-8(9)10/h7-10,12H,2-6H2,1H3. The van der Waals surface area contributed by atoms with Crippen LogP contribution < -0.4 is 0 Å². The molecule has 3 unspecified atom stereocenters. The molecule has 0 aromatic rings. The summed E-state index contributed by atoms with van der Waals surface area (Å²) in [7, 11) is 1.67. The summed E-state index contributed by atoms with van der Waals surface area (Å²) in [6.07, 6.45) is 4.00. The Hall–Kier alpha value is 0.270. The molecule has 3 heteroatoms. The highest BCUT2D eigenvalue weighted by Gasteiger charge is 2.28. The summed E-state index contributed by atoms with van der Waals surface area (Å²) in [5.74, 6) is 1.58. The fourth-order valence-corrected chi connectivity index (χ4v) is 2.29. The van der Waals surface area contributed by atoms with Crippen molar-refractivity contribution in [1.82, 2.24) is 0 Å². The van der Waals surface area contributed by atoms with E-state index >= 15 is 0 Å². The van der Waals surface area contributed by atoms with Gasteiger partial charge in [0.15, 0.2) is 0 Å². The largest absolute Gasteiger partial charge is 0.390 e. The van der Waals surface area contributed by atoms with Crippen molar-refractivity contribution in [2.45, 2.75) is 37.9 Å². The van der Waals surface area contributed by atoms with Gasteiger partial charge < -0.3 is 9.84 Å². The second kappa shape index (κ2) is 5.10. The Labute approximate surface area is 79.7 Å². The Balaban J connectivity index is 2.30. The first-order valence-corrected chi connectivity index (χ1v) is 5.23. The molecule has 0 heterocycles. The highest BCUT2D eigenvalue weighted by Crippen LogP contribution is 2.28. The molecule has 0 saturated heterocycles. The van der Waals surface area contributed by atoms with Crippen molar-refractivity contribution in [3.63, 3.8) is 0 Å². The number of hydrogen-bond acceptors (Lipinski definition) is 3. The third kappa shape index (κ3) is 2.64. The highest BCUT2D eigenvalue weighted by molar-refractivity contribution is 7.80. The van der Waals surface area contributed by atoms with E-state index in [0.717, 1.165) is 25.0 Å². The molecule has 0 amide bonds. The summed E-state index contributed by atoms with van der Waals surface area (Å²) in [6, 6.07) is 0. The van der Waals surface area contributed by atoms with E-state index in [2.05, 4.69) is 12.6 Å². The van der Waals surface area contributed by atoms with Crippen LogP contribution in [-0.2, 0) is 4.74 Å². The maximum Gasteiger partial charge on any atom is 0.0830 e. The molecular weight excluding hydrogens is 172 g/mol. The molecule has 1 saturated carbocycles. The molecule has 1 fully saturated rings. The maximum absolute atomic E-state index is 9.62. The quantitative estimate of drug-likeness (QED) is 0.660. The molecule has 1 rings (SSSR count). The monoisotopic (exact) mass is 190 g/mol. The number of ether oxygens (including phenoxy) is 1. The molecule has 0 spiro atoms. The van der Waals surface area contributed by atoms with E-state index in [1.807, 2.05) is 0 Å². The molecule has 1 aliphatic carbocycles. The smallest absolute Gasteiger partial charge is 0.0830 e. The predicted octanol–water partition coefficient (Wildman–Crippen LogP) is 1.48. The van der Waals surface area contributed by atoms with Gasteiger partial charge in [0.1, 0.15) is 0 Å². The van der Waals surface area contributed by atoms with Crippen molar-refractivity contribution in [2.24, 2.45) is 5.92 Å². The van der Waals surface area contributed by atoms with Crippen LogP contribution in [0.1, 0.15) is 25.7 Å². The van der Waals surface area contributed by atoms with Gasteiger partial charge in [0.05, 0.1) is 12.2 Å². The van der Waals surface area contributed by atoms with Crippen molar-refractivity contribution in [1.29, 1.82) is 0 Å². The van der Waals surface area contributed by atoms with E-state index in [9.17, 15) is 5.11 Å². The Morgan fingerprint density at radius 1 is 1.50 bits per heavy atom. The van der Waals surface area contributed by atoms with Crippen LogP contribution in [0, 0.1) is 5.92 Å². The van der Waals surface area contributed by atoms with Gasteiger partial charge in [0, 0.05) is 7.11 Å². The summed E-state index contributed by atoms with van der Waals surface area (Å²) in [5.41, 5.74) is 0. The van der Waals surface area contributed by atoms with Crippen LogP contribution in [0.2, 0.25) is 0 Å². The minimum atomic E-state index is -0.256. The third-order valence-electron chi connectivity index (χ3n) is 2.70. The lowest BCUT2D eigenvalue weighted by atomic mass is 9.84. The van der Waals surface area contributed by atoms with Crippen molar-refractivity contribution >= 4 is 12.6 Å². The van der Waals surface area contributed by atoms with Crippen LogP contribution in [0.4, 0.5) is 0 Å². The summed E-state index contributed by atoms with van der Waals surface area (Å²) >= 11 is 4.19. The summed E-state index contributed by atoms with van der Waals surface area (Å²) in [6.45, 7) is 0. The van der Waals surface area contributed by atoms with Gasteiger partial charge in [0.2, 0.25) is 0 Å². The molecule has 0 aliphatic heterocycles. The molecule has 0 radical (unpaired) electrons.